The van der Waals surface area contributed by atoms with Crippen LogP contribution in [-0.4, -0.2) is 56.2 Å². The summed E-state index contributed by atoms with van der Waals surface area (Å²) in [5.41, 5.74) is 4.20. The lowest BCUT2D eigenvalue weighted by Gasteiger charge is -2.36. The van der Waals surface area contributed by atoms with Crippen molar-refractivity contribution in [2.75, 3.05) is 49.3 Å². The number of fused-ring (bicyclic) bond motifs is 2. The minimum Gasteiger partial charge on any atom is -0.444 e. The molecule has 3 aromatic rings. The van der Waals surface area contributed by atoms with Crippen LogP contribution in [0, 0.1) is 11.7 Å². The average molecular weight is 564 g/mol. The van der Waals surface area contributed by atoms with Gasteiger partial charge in [-0.1, -0.05) is 37.8 Å². The second kappa shape index (κ2) is 12.3. The molecule has 0 unspecified atom stereocenters. The number of esters is 1. The fourth-order valence-corrected chi connectivity index (χ4v) is 7.25. The fourth-order valence-electron chi connectivity index (χ4n) is 6.42. The van der Waals surface area contributed by atoms with Gasteiger partial charge in [0.1, 0.15) is 5.82 Å². The molecule has 8 heteroatoms. The maximum Gasteiger partial charge on any atom is 0.310 e. The first-order valence-electron chi connectivity index (χ1n) is 14.8. The number of halogens is 1. The van der Waals surface area contributed by atoms with Crippen LogP contribution in [0.15, 0.2) is 41.8 Å². The summed E-state index contributed by atoms with van der Waals surface area (Å²) in [6, 6.07) is 11.8. The minimum atomic E-state index is -0.175. The Morgan fingerprint density at radius 3 is 2.55 bits per heavy atom. The molecule has 0 spiro atoms. The third kappa shape index (κ3) is 6.03. The maximum atomic E-state index is 14.2. The maximum absolute atomic E-state index is 14.2. The Kier molecular flexibility index (Phi) is 8.35. The van der Waals surface area contributed by atoms with E-state index in [2.05, 4.69) is 34.1 Å². The molecular formula is C32H38FN3O3S. The van der Waals surface area contributed by atoms with E-state index in [0.29, 0.717) is 6.42 Å². The summed E-state index contributed by atoms with van der Waals surface area (Å²) in [5, 5.41) is 3.16. The first-order valence-corrected chi connectivity index (χ1v) is 15.7. The number of amides is 1. The Morgan fingerprint density at radius 1 is 0.950 bits per heavy atom. The Bertz CT molecular complexity index is 1360. The van der Waals surface area contributed by atoms with Gasteiger partial charge in [-0.2, -0.15) is 0 Å². The van der Waals surface area contributed by atoms with Crippen LogP contribution in [0.1, 0.15) is 56.1 Å². The smallest absolute Gasteiger partial charge is 0.310 e. The molecule has 0 radical (unpaired) electrons. The molecule has 3 aliphatic rings. The highest BCUT2D eigenvalue weighted by Gasteiger charge is 2.28. The van der Waals surface area contributed by atoms with Gasteiger partial charge in [0.25, 0.3) is 0 Å². The Labute approximate surface area is 239 Å². The van der Waals surface area contributed by atoms with Crippen LogP contribution < -0.4 is 9.80 Å². The van der Waals surface area contributed by atoms with Gasteiger partial charge in [0.2, 0.25) is 5.91 Å². The first kappa shape index (κ1) is 27.2. The molecule has 3 heterocycles. The van der Waals surface area contributed by atoms with Crippen molar-refractivity contribution in [3.63, 3.8) is 0 Å². The third-order valence-electron chi connectivity index (χ3n) is 8.82. The molecule has 2 aromatic carbocycles. The molecule has 212 valence electrons. The van der Waals surface area contributed by atoms with Crippen molar-refractivity contribution in [3.8, 4) is 0 Å². The van der Waals surface area contributed by atoms with Crippen LogP contribution >= 0.6 is 11.3 Å². The largest absolute Gasteiger partial charge is 0.444 e. The van der Waals surface area contributed by atoms with E-state index in [0.717, 1.165) is 98.3 Å². The number of hydrogen-bond donors (Lipinski definition) is 0. The molecule has 0 bridgehead atoms. The zero-order valence-corrected chi connectivity index (χ0v) is 23.9. The number of benzene rings is 2. The molecule has 1 saturated carbocycles. The van der Waals surface area contributed by atoms with Gasteiger partial charge in [0.05, 0.1) is 11.6 Å². The SMILES string of the molecule is O=C(OCN1C(=O)CCc2ccc(CCN3CCN(c4cc(F)cc5sccc45)CC3)cc21)C1CCCCCC1. The van der Waals surface area contributed by atoms with Gasteiger partial charge < -0.3 is 9.64 Å². The van der Waals surface area contributed by atoms with E-state index >= 15 is 0 Å². The predicted molar refractivity (Wildman–Crippen MR) is 159 cm³/mol. The molecule has 40 heavy (non-hydrogen) atoms. The van der Waals surface area contributed by atoms with Crippen LogP contribution in [0.25, 0.3) is 10.1 Å². The van der Waals surface area contributed by atoms with Gasteiger partial charge in [-0.3, -0.25) is 19.4 Å². The number of rotatable bonds is 7. The second-order valence-corrected chi connectivity index (χ2v) is 12.3. The highest BCUT2D eigenvalue weighted by Crippen LogP contribution is 2.33. The number of nitrogens with zero attached hydrogens (tertiary/aromatic N) is 3. The number of carbonyl (C=O) groups excluding carboxylic acids is 2. The molecule has 0 atom stereocenters. The molecular weight excluding hydrogens is 525 g/mol. The first-order chi connectivity index (χ1) is 19.5. The van der Waals surface area contributed by atoms with Crippen molar-refractivity contribution in [2.45, 2.75) is 57.8 Å². The molecule has 0 N–H and O–H groups in total. The van der Waals surface area contributed by atoms with Crippen LogP contribution in [0.3, 0.4) is 0 Å². The Balaban J connectivity index is 1.05. The summed E-state index contributed by atoms with van der Waals surface area (Å²) in [4.78, 5) is 32.0. The van der Waals surface area contributed by atoms with Crippen LogP contribution in [0.2, 0.25) is 0 Å². The van der Waals surface area contributed by atoms with E-state index in [9.17, 15) is 14.0 Å². The minimum absolute atomic E-state index is 0.00403. The van der Waals surface area contributed by atoms with Crippen LogP contribution in [-0.2, 0) is 27.2 Å². The van der Waals surface area contributed by atoms with Gasteiger partial charge >= 0.3 is 5.97 Å². The lowest BCUT2D eigenvalue weighted by atomic mass is 9.98. The molecule has 1 aromatic heterocycles. The summed E-state index contributed by atoms with van der Waals surface area (Å²) in [5.74, 6) is -0.348. The molecule has 6 rings (SSSR count). The number of aryl methyl sites for hydroxylation is 1. The van der Waals surface area contributed by atoms with Gasteiger partial charge in [-0.15, -0.1) is 11.3 Å². The summed E-state index contributed by atoms with van der Waals surface area (Å²) in [7, 11) is 0. The number of anilines is 2. The monoisotopic (exact) mass is 563 g/mol. The fraction of sp³-hybridized carbons (Fsp3) is 0.500. The van der Waals surface area contributed by atoms with Gasteiger partial charge in [-0.05, 0) is 66.5 Å². The number of piperazine rings is 1. The second-order valence-electron chi connectivity index (χ2n) is 11.4. The zero-order valence-electron chi connectivity index (χ0n) is 23.1. The molecule has 2 fully saturated rings. The standard InChI is InChI=1S/C32H38FN3O3S/c33-26-20-29(27-12-18-40-30(27)21-26)35-16-14-34(15-17-35)13-11-23-7-8-24-9-10-31(37)36(28(24)19-23)22-39-32(38)25-5-3-1-2-4-6-25/h7-8,12,18-21,25H,1-6,9-11,13-17,22H2. The quantitative estimate of drug-likeness (QED) is 0.255. The van der Waals surface area contributed by atoms with Crippen molar-refractivity contribution in [3.05, 3.63) is 58.7 Å². The summed E-state index contributed by atoms with van der Waals surface area (Å²) in [6.45, 7) is 4.52. The highest BCUT2D eigenvalue weighted by molar-refractivity contribution is 7.17. The Hall–Kier alpha value is -2.97. The molecule has 1 aliphatic carbocycles. The van der Waals surface area contributed by atoms with Crippen LogP contribution in [0.5, 0.6) is 0 Å². The Morgan fingerprint density at radius 2 is 1.75 bits per heavy atom. The van der Waals surface area contributed by atoms with Crippen molar-refractivity contribution < 1.29 is 18.7 Å². The highest BCUT2D eigenvalue weighted by atomic mass is 32.1. The van der Waals surface area contributed by atoms with E-state index in [1.807, 2.05) is 5.38 Å². The number of hydrogen-bond acceptors (Lipinski definition) is 6. The van der Waals surface area contributed by atoms with Gasteiger partial charge in [0.15, 0.2) is 6.73 Å². The number of ether oxygens (including phenoxy) is 1. The summed E-state index contributed by atoms with van der Waals surface area (Å²) >= 11 is 1.58. The normalized spacial score (nSPS) is 19.1. The third-order valence-corrected chi connectivity index (χ3v) is 9.68. The topological polar surface area (TPSA) is 53.1 Å². The zero-order chi connectivity index (χ0) is 27.5. The number of thiophene rings is 1. The predicted octanol–water partition coefficient (Wildman–Crippen LogP) is 6.16. The van der Waals surface area contributed by atoms with Gasteiger partial charge in [0, 0.05) is 54.9 Å². The average Bonchev–Trinajstić information content (AvgIpc) is 3.27. The molecule has 6 nitrogen and oxygen atoms in total. The van der Waals surface area contributed by atoms with E-state index in [1.165, 1.54) is 18.4 Å². The van der Waals surface area contributed by atoms with E-state index in [-0.39, 0.29) is 30.3 Å². The van der Waals surface area contributed by atoms with E-state index in [4.69, 9.17) is 4.74 Å². The van der Waals surface area contributed by atoms with Crippen LogP contribution in [0.4, 0.5) is 15.8 Å². The number of carbonyl (C=O) groups is 2. The summed E-state index contributed by atoms with van der Waals surface area (Å²) in [6.07, 6.45) is 8.36. The molecule has 2 aliphatic heterocycles. The lowest BCUT2D eigenvalue weighted by Crippen LogP contribution is -2.47. The van der Waals surface area contributed by atoms with Crippen molar-refractivity contribution >= 4 is 44.7 Å². The van der Waals surface area contributed by atoms with Crippen molar-refractivity contribution in [2.24, 2.45) is 5.92 Å². The molecule has 1 saturated heterocycles. The lowest BCUT2D eigenvalue weighted by molar-refractivity contribution is -0.149. The molecule has 1 amide bonds. The van der Waals surface area contributed by atoms with Crippen molar-refractivity contribution in [1.29, 1.82) is 0 Å². The summed E-state index contributed by atoms with van der Waals surface area (Å²) < 4.78 is 20.9. The van der Waals surface area contributed by atoms with E-state index < -0.39 is 0 Å². The van der Waals surface area contributed by atoms with E-state index in [1.54, 1.807) is 28.4 Å². The van der Waals surface area contributed by atoms with Crippen molar-refractivity contribution in [1.82, 2.24) is 4.90 Å². The van der Waals surface area contributed by atoms with Gasteiger partial charge in [-0.25, -0.2) is 4.39 Å².